The molecule has 0 aromatic carbocycles. The molecule has 4 heteroatoms. The van der Waals surface area contributed by atoms with Crippen molar-refractivity contribution in [3.05, 3.63) is 28.2 Å². The van der Waals surface area contributed by atoms with E-state index in [2.05, 4.69) is 27.8 Å². The van der Waals surface area contributed by atoms with Crippen LogP contribution >= 0.6 is 15.9 Å². The maximum absolute atomic E-state index is 13.4. The summed E-state index contributed by atoms with van der Waals surface area (Å²) in [5, 5.41) is 0. The molecule has 0 spiro atoms. The molecular weight excluding hydrogens is 247 g/mol. The maximum Gasteiger partial charge on any atom is 0.147 e. The minimum Gasteiger partial charge on any atom is -0.323 e. The van der Waals surface area contributed by atoms with Gasteiger partial charge in [-0.15, -0.1) is 0 Å². The van der Waals surface area contributed by atoms with Gasteiger partial charge in [0.05, 0.1) is 5.69 Å². The molecular formula is C10H14BrFN2. The van der Waals surface area contributed by atoms with Gasteiger partial charge in [0.1, 0.15) is 5.82 Å². The van der Waals surface area contributed by atoms with Crippen molar-refractivity contribution in [3.63, 3.8) is 0 Å². The summed E-state index contributed by atoms with van der Waals surface area (Å²) in [7, 11) is 0. The van der Waals surface area contributed by atoms with Crippen molar-refractivity contribution in [2.75, 3.05) is 0 Å². The van der Waals surface area contributed by atoms with Gasteiger partial charge in [0.25, 0.3) is 0 Å². The number of unbranched alkanes of at least 4 members (excludes halogenated alkanes) is 1. The van der Waals surface area contributed by atoms with E-state index in [-0.39, 0.29) is 11.9 Å². The second-order valence-electron chi connectivity index (χ2n) is 3.27. The predicted octanol–water partition coefficient (Wildman–Crippen LogP) is 3.17. The Morgan fingerprint density at radius 3 is 2.93 bits per heavy atom. The molecule has 0 fully saturated rings. The van der Waals surface area contributed by atoms with Gasteiger partial charge in [0.15, 0.2) is 0 Å². The molecule has 0 aliphatic carbocycles. The third-order valence-electron chi connectivity index (χ3n) is 2.06. The third kappa shape index (κ3) is 3.03. The third-order valence-corrected chi connectivity index (χ3v) is 2.49. The van der Waals surface area contributed by atoms with Crippen LogP contribution in [0.5, 0.6) is 0 Å². The van der Waals surface area contributed by atoms with Crippen molar-refractivity contribution in [3.8, 4) is 0 Å². The van der Waals surface area contributed by atoms with Crippen LogP contribution in [0, 0.1) is 5.82 Å². The molecule has 14 heavy (non-hydrogen) atoms. The molecule has 0 amide bonds. The second kappa shape index (κ2) is 5.41. The fourth-order valence-corrected chi connectivity index (χ4v) is 1.56. The number of rotatable bonds is 4. The van der Waals surface area contributed by atoms with Crippen LogP contribution in [-0.2, 0) is 0 Å². The van der Waals surface area contributed by atoms with Crippen molar-refractivity contribution in [2.24, 2.45) is 5.73 Å². The Kier molecular flexibility index (Phi) is 4.48. The lowest BCUT2D eigenvalue weighted by molar-refractivity contribution is 0.531. The molecule has 1 rings (SSSR count). The highest BCUT2D eigenvalue weighted by Gasteiger charge is 2.12. The number of nitrogens with zero attached hydrogens (tertiary/aromatic N) is 1. The minimum absolute atomic E-state index is 0.289. The summed E-state index contributed by atoms with van der Waals surface area (Å²) in [6.45, 7) is 2.08. The van der Waals surface area contributed by atoms with Crippen LogP contribution in [0.4, 0.5) is 4.39 Å². The zero-order valence-electron chi connectivity index (χ0n) is 8.13. The van der Waals surface area contributed by atoms with Gasteiger partial charge in [-0.2, -0.15) is 0 Å². The highest BCUT2D eigenvalue weighted by Crippen LogP contribution is 2.20. The molecule has 0 radical (unpaired) electrons. The van der Waals surface area contributed by atoms with E-state index in [0.717, 1.165) is 19.3 Å². The molecule has 1 heterocycles. The van der Waals surface area contributed by atoms with Crippen molar-refractivity contribution in [2.45, 2.75) is 32.2 Å². The van der Waals surface area contributed by atoms with E-state index in [0.29, 0.717) is 10.2 Å². The normalized spacial score (nSPS) is 12.9. The summed E-state index contributed by atoms with van der Waals surface area (Å²) >= 11 is 3.15. The Hall–Kier alpha value is -0.480. The van der Waals surface area contributed by atoms with Crippen LogP contribution in [0.2, 0.25) is 0 Å². The van der Waals surface area contributed by atoms with Crippen LogP contribution in [0.1, 0.15) is 37.9 Å². The fourth-order valence-electron chi connectivity index (χ4n) is 1.26. The van der Waals surface area contributed by atoms with Crippen molar-refractivity contribution in [1.82, 2.24) is 4.98 Å². The van der Waals surface area contributed by atoms with Gasteiger partial charge in [0.2, 0.25) is 0 Å². The van der Waals surface area contributed by atoms with Crippen LogP contribution in [-0.4, -0.2) is 4.98 Å². The summed E-state index contributed by atoms with van der Waals surface area (Å²) in [6, 6.07) is 1.11. The van der Waals surface area contributed by atoms with Crippen molar-refractivity contribution >= 4 is 15.9 Å². The van der Waals surface area contributed by atoms with Crippen LogP contribution in [0.3, 0.4) is 0 Å². The van der Waals surface area contributed by atoms with Gasteiger partial charge in [-0.05, 0) is 28.4 Å². The van der Waals surface area contributed by atoms with Gasteiger partial charge in [-0.25, -0.2) is 4.39 Å². The number of halogens is 2. The first kappa shape index (κ1) is 11.6. The molecule has 0 aliphatic heterocycles. The first-order valence-corrected chi connectivity index (χ1v) is 5.51. The minimum atomic E-state index is -0.331. The molecule has 0 bridgehead atoms. The van der Waals surface area contributed by atoms with Gasteiger partial charge in [-0.1, -0.05) is 19.8 Å². The lowest BCUT2D eigenvalue weighted by atomic mass is 10.1. The number of aromatic nitrogens is 1. The van der Waals surface area contributed by atoms with E-state index in [1.54, 1.807) is 6.20 Å². The maximum atomic E-state index is 13.4. The van der Waals surface area contributed by atoms with Crippen molar-refractivity contribution in [1.29, 1.82) is 0 Å². The smallest absolute Gasteiger partial charge is 0.147 e. The summed E-state index contributed by atoms with van der Waals surface area (Å²) in [5.74, 6) is -0.331. The molecule has 0 saturated carbocycles. The zero-order valence-corrected chi connectivity index (χ0v) is 9.72. The van der Waals surface area contributed by atoms with E-state index in [4.69, 9.17) is 5.73 Å². The average Bonchev–Trinajstić information content (AvgIpc) is 2.14. The van der Waals surface area contributed by atoms with Crippen LogP contribution < -0.4 is 5.73 Å². The number of hydrogen-bond acceptors (Lipinski definition) is 2. The molecule has 0 aliphatic rings. The molecule has 1 atom stereocenters. The Balaban J connectivity index is 2.74. The van der Waals surface area contributed by atoms with Crippen LogP contribution in [0.25, 0.3) is 0 Å². The molecule has 2 N–H and O–H groups in total. The quantitative estimate of drug-likeness (QED) is 0.904. The van der Waals surface area contributed by atoms with E-state index in [9.17, 15) is 4.39 Å². The Morgan fingerprint density at radius 1 is 1.64 bits per heavy atom. The lowest BCUT2D eigenvalue weighted by Crippen LogP contribution is -2.13. The van der Waals surface area contributed by atoms with Gasteiger partial charge >= 0.3 is 0 Å². The van der Waals surface area contributed by atoms with Crippen LogP contribution in [0.15, 0.2) is 16.7 Å². The molecule has 2 nitrogen and oxygen atoms in total. The number of hydrogen-bond donors (Lipinski definition) is 1. The first-order chi connectivity index (χ1) is 6.65. The fraction of sp³-hybridized carbons (Fsp3) is 0.500. The standard InChI is InChI=1S/C10H14BrFN2/c1-2-3-4-9(13)10-8(12)5-7(11)6-14-10/h5-6,9H,2-4,13H2,1H3/t9-/m1/s1. The highest BCUT2D eigenvalue weighted by atomic mass is 79.9. The SMILES string of the molecule is CCCC[C@@H](N)c1ncc(Br)cc1F. The average molecular weight is 261 g/mol. The van der Waals surface area contributed by atoms with Gasteiger partial charge in [0, 0.05) is 16.7 Å². The Labute approximate surface area is 91.8 Å². The molecule has 78 valence electrons. The van der Waals surface area contributed by atoms with Gasteiger partial charge in [-0.3, -0.25) is 4.98 Å². The van der Waals surface area contributed by atoms with E-state index >= 15 is 0 Å². The number of pyridine rings is 1. The molecule has 0 saturated heterocycles. The van der Waals surface area contributed by atoms with E-state index in [1.165, 1.54) is 6.07 Å². The van der Waals surface area contributed by atoms with Crippen molar-refractivity contribution < 1.29 is 4.39 Å². The summed E-state index contributed by atoms with van der Waals surface area (Å²) in [5.41, 5.74) is 6.18. The predicted molar refractivity (Wildman–Crippen MR) is 58.3 cm³/mol. The summed E-state index contributed by atoms with van der Waals surface area (Å²) < 4.78 is 14.0. The first-order valence-electron chi connectivity index (χ1n) is 4.71. The lowest BCUT2D eigenvalue weighted by Gasteiger charge is -2.10. The van der Waals surface area contributed by atoms with E-state index in [1.807, 2.05) is 0 Å². The monoisotopic (exact) mass is 260 g/mol. The summed E-state index contributed by atoms with van der Waals surface area (Å²) in [4.78, 5) is 3.98. The van der Waals surface area contributed by atoms with Gasteiger partial charge < -0.3 is 5.73 Å². The molecule has 1 aromatic rings. The Bertz CT molecular complexity index is 304. The largest absolute Gasteiger partial charge is 0.323 e. The Morgan fingerprint density at radius 2 is 2.36 bits per heavy atom. The number of nitrogens with two attached hydrogens (primary N) is 1. The van der Waals surface area contributed by atoms with E-state index < -0.39 is 0 Å². The second-order valence-corrected chi connectivity index (χ2v) is 4.18. The molecule has 1 aromatic heterocycles. The highest BCUT2D eigenvalue weighted by molar-refractivity contribution is 9.10. The zero-order chi connectivity index (χ0) is 10.6. The summed E-state index contributed by atoms with van der Waals surface area (Å²) in [6.07, 6.45) is 4.41. The molecule has 0 unspecified atom stereocenters. The topological polar surface area (TPSA) is 38.9 Å².